The van der Waals surface area contributed by atoms with Gasteiger partial charge in [-0.2, -0.15) is 0 Å². The Bertz CT molecular complexity index is 403. The van der Waals surface area contributed by atoms with E-state index in [0.717, 1.165) is 12.0 Å². The average molecular weight is 224 g/mol. The average Bonchev–Trinajstić information content (AvgIpc) is 3.01. The van der Waals surface area contributed by atoms with Gasteiger partial charge in [-0.3, -0.25) is 0 Å². The standard InChI is InChI=1S/C13H14F2O/c1-8-12(14)6-10(7-13(8)15)11-5-9(11)3-4-16-2/h3-4,6-7,9,11H,5H2,1-2H3/b4-3-. The van der Waals surface area contributed by atoms with E-state index in [2.05, 4.69) is 0 Å². The predicted octanol–water partition coefficient (Wildman–Crippen LogP) is 3.54. The van der Waals surface area contributed by atoms with Crippen LogP contribution in [0.4, 0.5) is 8.78 Å². The molecule has 1 saturated carbocycles. The highest BCUT2D eigenvalue weighted by Gasteiger charge is 2.37. The van der Waals surface area contributed by atoms with Gasteiger partial charge in [-0.1, -0.05) is 0 Å². The first-order chi connectivity index (χ1) is 7.63. The molecule has 1 fully saturated rings. The van der Waals surface area contributed by atoms with Crippen molar-refractivity contribution in [1.29, 1.82) is 0 Å². The highest BCUT2D eigenvalue weighted by atomic mass is 19.1. The largest absolute Gasteiger partial charge is 0.505 e. The molecule has 0 radical (unpaired) electrons. The molecule has 0 spiro atoms. The number of methoxy groups -OCH3 is 1. The van der Waals surface area contributed by atoms with E-state index >= 15 is 0 Å². The first-order valence-electron chi connectivity index (χ1n) is 5.28. The lowest BCUT2D eigenvalue weighted by molar-refractivity contribution is 0.336. The van der Waals surface area contributed by atoms with Crippen LogP contribution in [-0.4, -0.2) is 7.11 Å². The van der Waals surface area contributed by atoms with E-state index in [1.165, 1.54) is 19.1 Å². The number of allylic oxidation sites excluding steroid dienone is 1. The molecule has 1 aromatic rings. The molecule has 2 rings (SSSR count). The third-order valence-electron chi connectivity index (χ3n) is 3.03. The third-order valence-corrected chi connectivity index (χ3v) is 3.03. The summed E-state index contributed by atoms with van der Waals surface area (Å²) in [6.07, 6.45) is 4.48. The second-order valence-electron chi connectivity index (χ2n) is 4.18. The maximum atomic E-state index is 13.3. The van der Waals surface area contributed by atoms with Crippen molar-refractivity contribution in [2.75, 3.05) is 7.11 Å². The Hall–Kier alpha value is -1.38. The van der Waals surface area contributed by atoms with Gasteiger partial charge in [0.05, 0.1) is 13.4 Å². The molecule has 1 aromatic carbocycles. The number of rotatable bonds is 3. The van der Waals surface area contributed by atoms with Gasteiger partial charge in [0.1, 0.15) is 11.6 Å². The highest BCUT2D eigenvalue weighted by molar-refractivity contribution is 5.32. The number of hydrogen-bond acceptors (Lipinski definition) is 1. The van der Waals surface area contributed by atoms with E-state index in [9.17, 15) is 8.78 Å². The van der Waals surface area contributed by atoms with Crippen molar-refractivity contribution in [2.24, 2.45) is 5.92 Å². The van der Waals surface area contributed by atoms with Crippen LogP contribution in [0, 0.1) is 24.5 Å². The topological polar surface area (TPSA) is 9.23 Å². The maximum absolute atomic E-state index is 13.3. The molecule has 3 heteroatoms. The Morgan fingerprint density at radius 1 is 1.31 bits per heavy atom. The van der Waals surface area contributed by atoms with E-state index in [4.69, 9.17) is 4.74 Å². The molecular formula is C13H14F2O. The van der Waals surface area contributed by atoms with Crippen LogP contribution in [0.1, 0.15) is 23.5 Å². The molecule has 16 heavy (non-hydrogen) atoms. The van der Waals surface area contributed by atoms with Crippen LogP contribution >= 0.6 is 0 Å². The summed E-state index contributed by atoms with van der Waals surface area (Å²) in [5.41, 5.74) is 0.833. The van der Waals surface area contributed by atoms with Crippen molar-refractivity contribution in [3.05, 3.63) is 47.2 Å². The van der Waals surface area contributed by atoms with Gasteiger partial charge in [-0.25, -0.2) is 8.78 Å². The fourth-order valence-electron chi connectivity index (χ4n) is 1.87. The van der Waals surface area contributed by atoms with Gasteiger partial charge in [-0.05, 0) is 49.0 Å². The van der Waals surface area contributed by atoms with E-state index in [1.807, 2.05) is 6.08 Å². The third kappa shape index (κ3) is 2.08. The highest BCUT2D eigenvalue weighted by Crippen LogP contribution is 2.48. The lowest BCUT2D eigenvalue weighted by Gasteiger charge is -2.03. The van der Waals surface area contributed by atoms with Gasteiger partial charge in [0, 0.05) is 5.56 Å². The molecule has 0 aromatic heterocycles. The van der Waals surface area contributed by atoms with Crippen LogP contribution in [0.5, 0.6) is 0 Å². The first kappa shape index (κ1) is 11.1. The number of benzene rings is 1. The summed E-state index contributed by atoms with van der Waals surface area (Å²) in [6.45, 7) is 1.45. The number of ether oxygens (including phenoxy) is 1. The number of halogens is 2. The van der Waals surface area contributed by atoms with E-state index in [-0.39, 0.29) is 11.5 Å². The quantitative estimate of drug-likeness (QED) is 0.713. The molecule has 1 nitrogen and oxygen atoms in total. The van der Waals surface area contributed by atoms with Crippen molar-refractivity contribution >= 4 is 0 Å². The summed E-state index contributed by atoms with van der Waals surface area (Å²) in [4.78, 5) is 0. The van der Waals surface area contributed by atoms with E-state index in [1.54, 1.807) is 13.4 Å². The Morgan fingerprint density at radius 2 is 1.94 bits per heavy atom. The van der Waals surface area contributed by atoms with Crippen molar-refractivity contribution in [2.45, 2.75) is 19.3 Å². The van der Waals surface area contributed by atoms with Gasteiger partial charge in [-0.15, -0.1) is 0 Å². The molecular weight excluding hydrogens is 210 g/mol. The van der Waals surface area contributed by atoms with Crippen LogP contribution in [0.2, 0.25) is 0 Å². The molecule has 0 amide bonds. The van der Waals surface area contributed by atoms with Crippen LogP contribution in [0.3, 0.4) is 0 Å². The molecule has 2 unspecified atom stereocenters. The lowest BCUT2D eigenvalue weighted by Crippen LogP contribution is -1.93. The van der Waals surface area contributed by atoms with Gasteiger partial charge >= 0.3 is 0 Å². The zero-order valence-corrected chi connectivity index (χ0v) is 9.34. The smallest absolute Gasteiger partial charge is 0.129 e. The Morgan fingerprint density at radius 3 is 2.50 bits per heavy atom. The summed E-state index contributed by atoms with van der Waals surface area (Å²) in [5, 5.41) is 0. The molecule has 86 valence electrons. The predicted molar refractivity (Wildman–Crippen MR) is 58.1 cm³/mol. The van der Waals surface area contributed by atoms with Crippen molar-refractivity contribution in [1.82, 2.24) is 0 Å². The SMILES string of the molecule is CO/C=C\C1CC1c1cc(F)c(C)c(F)c1. The second-order valence-corrected chi connectivity index (χ2v) is 4.18. The molecule has 1 aliphatic rings. The molecule has 0 N–H and O–H groups in total. The monoisotopic (exact) mass is 224 g/mol. The van der Waals surface area contributed by atoms with Crippen LogP contribution in [-0.2, 0) is 4.74 Å². The van der Waals surface area contributed by atoms with Gasteiger partial charge in [0.15, 0.2) is 0 Å². The summed E-state index contributed by atoms with van der Waals surface area (Å²) < 4.78 is 31.5. The van der Waals surface area contributed by atoms with Crippen molar-refractivity contribution in [3.63, 3.8) is 0 Å². The molecule has 0 aliphatic heterocycles. The van der Waals surface area contributed by atoms with Crippen LogP contribution in [0.15, 0.2) is 24.5 Å². The maximum Gasteiger partial charge on any atom is 0.129 e. The molecule has 2 atom stereocenters. The van der Waals surface area contributed by atoms with Crippen molar-refractivity contribution in [3.8, 4) is 0 Å². The second kappa shape index (κ2) is 4.24. The normalized spacial score (nSPS) is 23.8. The summed E-state index contributed by atoms with van der Waals surface area (Å²) in [7, 11) is 1.58. The minimum atomic E-state index is -0.462. The minimum Gasteiger partial charge on any atom is -0.505 e. The fraction of sp³-hybridized carbons (Fsp3) is 0.385. The van der Waals surface area contributed by atoms with E-state index in [0.29, 0.717) is 5.92 Å². The Kier molecular flexibility index (Phi) is 2.95. The summed E-state index contributed by atoms with van der Waals surface area (Å²) in [6, 6.07) is 2.87. The summed E-state index contributed by atoms with van der Waals surface area (Å²) >= 11 is 0. The Balaban J connectivity index is 2.15. The molecule has 1 aliphatic carbocycles. The minimum absolute atomic E-state index is 0.0911. The van der Waals surface area contributed by atoms with Crippen molar-refractivity contribution < 1.29 is 13.5 Å². The molecule has 0 bridgehead atoms. The number of hydrogen-bond donors (Lipinski definition) is 0. The summed E-state index contributed by atoms with van der Waals surface area (Å²) in [5.74, 6) is -0.342. The fourth-order valence-corrected chi connectivity index (χ4v) is 1.87. The van der Waals surface area contributed by atoms with Gasteiger partial charge in [0.2, 0.25) is 0 Å². The zero-order chi connectivity index (χ0) is 11.7. The Labute approximate surface area is 93.7 Å². The lowest BCUT2D eigenvalue weighted by atomic mass is 10.1. The molecule has 0 heterocycles. The van der Waals surface area contributed by atoms with Crippen LogP contribution in [0.25, 0.3) is 0 Å². The van der Waals surface area contributed by atoms with Gasteiger partial charge in [0.25, 0.3) is 0 Å². The van der Waals surface area contributed by atoms with Gasteiger partial charge < -0.3 is 4.74 Å². The zero-order valence-electron chi connectivity index (χ0n) is 9.34. The van der Waals surface area contributed by atoms with E-state index < -0.39 is 11.6 Å². The van der Waals surface area contributed by atoms with Crippen LogP contribution < -0.4 is 0 Å². The first-order valence-corrected chi connectivity index (χ1v) is 5.28. The molecule has 0 saturated heterocycles.